The van der Waals surface area contributed by atoms with Gasteiger partial charge in [-0.1, -0.05) is 234 Å². The van der Waals surface area contributed by atoms with Crippen molar-refractivity contribution < 1.29 is 49.3 Å². The van der Waals surface area contributed by atoms with Crippen LogP contribution in [-0.2, 0) is 23.8 Å². The number of aliphatic hydroxyl groups excluding tert-OH is 5. The first kappa shape index (κ1) is 70.6. The first-order valence-electron chi connectivity index (χ1n) is 30.5. The number of nitrogens with one attached hydrogen (secondary N) is 1. The number of esters is 1. The number of allylic oxidation sites excluding steroid dienone is 15. The highest BCUT2D eigenvalue weighted by molar-refractivity contribution is 5.80. The number of ether oxygens (including phenoxy) is 3. The van der Waals surface area contributed by atoms with Crippen molar-refractivity contribution in [2.75, 3.05) is 13.2 Å². The molecule has 0 spiro atoms. The van der Waals surface area contributed by atoms with Crippen molar-refractivity contribution in [2.24, 2.45) is 0 Å². The number of rotatable bonds is 50. The molecule has 1 heterocycles. The zero-order valence-corrected chi connectivity index (χ0v) is 48.1. The van der Waals surface area contributed by atoms with Gasteiger partial charge in [-0.25, -0.2) is 0 Å². The maximum absolute atomic E-state index is 13.4. The van der Waals surface area contributed by atoms with Crippen LogP contribution in [0.2, 0.25) is 0 Å². The third-order valence-electron chi connectivity index (χ3n) is 13.7. The summed E-state index contributed by atoms with van der Waals surface area (Å²) in [5, 5.41) is 56.9. The van der Waals surface area contributed by atoms with Gasteiger partial charge in [0.2, 0.25) is 5.91 Å². The molecule has 0 bridgehead atoms. The number of aliphatic hydroxyl groups is 5. The van der Waals surface area contributed by atoms with E-state index in [4.69, 9.17) is 14.2 Å². The van der Waals surface area contributed by atoms with E-state index in [1.165, 1.54) is 96.3 Å². The molecule has 11 nitrogen and oxygen atoms in total. The van der Waals surface area contributed by atoms with E-state index in [1.807, 2.05) is 18.2 Å². The van der Waals surface area contributed by atoms with Gasteiger partial charge in [0.15, 0.2) is 12.4 Å². The van der Waals surface area contributed by atoms with Crippen molar-refractivity contribution >= 4 is 11.9 Å². The lowest BCUT2D eigenvalue weighted by atomic mass is 9.99. The SMILES string of the molecule is CC/C=C\C/C=C\C/C=C\C/C=C\C/C=C\CCCC(=O)OC1C(OCC(NC(=O)C(O)CCCCCCCCCC/C=C\C/C=C\CCCCC)C(O)/C=C/CCCCCCCCCCCC)OC(CO)C(O)C1O. The molecule has 0 aromatic heterocycles. The van der Waals surface area contributed by atoms with Gasteiger partial charge in [-0.2, -0.15) is 0 Å². The van der Waals surface area contributed by atoms with Gasteiger partial charge in [-0.15, -0.1) is 0 Å². The van der Waals surface area contributed by atoms with Gasteiger partial charge in [0.05, 0.1) is 25.4 Å². The average molecular weight is 1070 g/mol. The van der Waals surface area contributed by atoms with E-state index in [2.05, 4.69) is 99.0 Å². The first-order valence-corrected chi connectivity index (χ1v) is 30.5. The van der Waals surface area contributed by atoms with E-state index in [9.17, 15) is 35.1 Å². The summed E-state index contributed by atoms with van der Waals surface area (Å²) in [6.45, 7) is 5.61. The lowest BCUT2D eigenvalue weighted by Crippen LogP contribution is -2.61. The number of hydrogen-bond donors (Lipinski definition) is 6. The largest absolute Gasteiger partial charge is 0.454 e. The minimum atomic E-state index is -1.64. The van der Waals surface area contributed by atoms with Gasteiger partial charge >= 0.3 is 5.97 Å². The van der Waals surface area contributed by atoms with Gasteiger partial charge in [0.1, 0.15) is 24.4 Å². The molecule has 0 saturated carbocycles. The number of carbonyl (C=O) groups excluding carboxylic acids is 2. The minimum absolute atomic E-state index is 0.0405. The highest BCUT2D eigenvalue weighted by atomic mass is 16.7. The van der Waals surface area contributed by atoms with E-state index in [0.717, 1.165) is 89.9 Å². The monoisotopic (exact) mass is 1070 g/mol. The van der Waals surface area contributed by atoms with Crippen LogP contribution in [0, 0.1) is 0 Å². The highest BCUT2D eigenvalue weighted by Gasteiger charge is 2.47. The molecule has 1 fully saturated rings. The van der Waals surface area contributed by atoms with Crippen molar-refractivity contribution in [3.63, 3.8) is 0 Å². The van der Waals surface area contributed by atoms with Crippen molar-refractivity contribution in [2.45, 2.75) is 288 Å². The Bertz CT molecular complexity index is 1600. The molecule has 0 aliphatic carbocycles. The predicted molar refractivity (Wildman–Crippen MR) is 315 cm³/mol. The van der Waals surface area contributed by atoms with Crippen LogP contribution in [0.5, 0.6) is 0 Å². The fraction of sp³-hybridized carbons (Fsp3) is 0.723. The molecule has 6 N–H and O–H groups in total. The average Bonchev–Trinajstić information content (AvgIpc) is 3.42. The van der Waals surface area contributed by atoms with Crippen LogP contribution in [0.15, 0.2) is 97.2 Å². The first-order chi connectivity index (χ1) is 37.2. The van der Waals surface area contributed by atoms with Crippen LogP contribution in [0.4, 0.5) is 0 Å². The molecule has 0 aromatic rings. The molecular weight excluding hydrogens is 955 g/mol. The van der Waals surface area contributed by atoms with Gasteiger partial charge < -0.3 is 45.1 Å². The van der Waals surface area contributed by atoms with Crippen LogP contribution >= 0.6 is 0 Å². The Morgan fingerprint density at radius 1 is 0.526 bits per heavy atom. The molecule has 1 aliphatic heterocycles. The van der Waals surface area contributed by atoms with Crippen molar-refractivity contribution in [3.05, 3.63) is 97.2 Å². The summed E-state index contributed by atoms with van der Waals surface area (Å²) in [6.07, 6.45) is 58.7. The summed E-state index contributed by atoms with van der Waals surface area (Å²) in [5.41, 5.74) is 0. The normalized spacial score (nSPS) is 19.8. The molecule has 1 amide bonds. The Morgan fingerprint density at radius 3 is 1.45 bits per heavy atom. The molecule has 1 rings (SSSR count). The van der Waals surface area contributed by atoms with E-state index >= 15 is 0 Å². The molecule has 76 heavy (non-hydrogen) atoms. The maximum Gasteiger partial charge on any atom is 0.306 e. The lowest BCUT2D eigenvalue weighted by molar-refractivity contribution is -0.305. The van der Waals surface area contributed by atoms with Gasteiger partial charge in [-0.3, -0.25) is 9.59 Å². The van der Waals surface area contributed by atoms with E-state index in [0.29, 0.717) is 19.3 Å². The fourth-order valence-corrected chi connectivity index (χ4v) is 8.89. The third-order valence-corrected chi connectivity index (χ3v) is 13.7. The summed E-state index contributed by atoms with van der Waals surface area (Å²) >= 11 is 0. The Hall–Kier alpha value is -3.42. The topological polar surface area (TPSA) is 175 Å². The van der Waals surface area contributed by atoms with Crippen LogP contribution in [-0.4, -0.2) is 99.6 Å². The summed E-state index contributed by atoms with van der Waals surface area (Å²) in [7, 11) is 0. The van der Waals surface area contributed by atoms with Crippen LogP contribution in [0.1, 0.15) is 239 Å². The molecule has 436 valence electrons. The van der Waals surface area contributed by atoms with Crippen molar-refractivity contribution in [1.29, 1.82) is 0 Å². The quantitative estimate of drug-likeness (QED) is 0.0195. The summed E-state index contributed by atoms with van der Waals surface area (Å²) in [4.78, 5) is 26.5. The van der Waals surface area contributed by atoms with Crippen molar-refractivity contribution in [1.82, 2.24) is 5.32 Å². The smallest absolute Gasteiger partial charge is 0.306 e. The van der Waals surface area contributed by atoms with Crippen molar-refractivity contribution in [3.8, 4) is 0 Å². The summed E-state index contributed by atoms with van der Waals surface area (Å²) < 4.78 is 17.5. The fourth-order valence-electron chi connectivity index (χ4n) is 8.89. The molecule has 1 saturated heterocycles. The number of hydrogen-bond acceptors (Lipinski definition) is 10. The summed E-state index contributed by atoms with van der Waals surface area (Å²) in [5.74, 6) is -1.27. The van der Waals surface area contributed by atoms with Crippen LogP contribution in [0.25, 0.3) is 0 Å². The third kappa shape index (κ3) is 39.9. The number of unbranched alkanes of at least 4 members (excludes halogenated alkanes) is 22. The zero-order valence-electron chi connectivity index (χ0n) is 48.1. The Kier molecular flexibility index (Phi) is 48.6. The van der Waals surface area contributed by atoms with Gasteiger partial charge in [0, 0.05) is 6.42 Å². The second-order valence-electron chi connectivity index (χ2n) is 20.7. The number of amides is 1. The molecule has 0 aromatic carbocycles. The molecule has 8 unspecified atom stereocenters. The predicted octanol–water partition coefficient (Wildman–Crippen LogP) is 14.3. The van der Waals surface area contributed by atoms with E-state index in [-0.39, 0.29) is 19.4 Å². The highest BCUT2D eigenvalue weighted by Crippen LogP contribution is 2.26. The molecule has 8 atom stereocenters. The second-order valence-corrected chi connectivity index (χ2v) is 20.7. The molecule has 0 radical (unpaired) electrons. The standard InChI is InChI=1S/C65H111NO10/c1-4-7-10-13-16-19-22-25-27-29-31-32-34-37-40-43-46-49-52-58(69)64(73)66-56(57(68)51-48-45-42-39-36-24-21-18-15-12-9-6-3)55-74-65-63(62(72)61(71)59(54-67)75-65)76-60(70)53-50-47-44-41-38-35-33-30-28-26-23-20-17-14-11-8-5-2/h8,11,16-17,19-20,25-28,33,35,41,44,48,51,56-59,61-63,65,67-69,71-72H,4-7,9-10,12-15,18,21-24,29-32,34,36-40,42-43,45-47,49-50,52-55H2,1-3H3,(H,66,73)/b11-8-,19-16-,20-17-,27-25-,28-26-,35-33-,44-41-,51-48+. The maximum atomic E-state index is 13.4. The summed E-state index contributed by atoms with van der Waals surface area (Å²) in [6, 6.07) is -1.04. The molecule has 1 aliphatic rings. The van der Waals surface area contributed by atoms with Crippen LogP contribution < -0.4 is 5.32 Å². The Labute approximate surface area is 463 Å². The Balaban J connectivity index is 2.73. The van der Waals surface area contributed by atoms with Gasteiger partial charge in [0.25, 0.3) is 0 Å². The second kappa shape index (κ2) is 52.3. The van der Waals surface area contributed by atoms with Crippen LogP contribution in [0.3, 0.4) is 0 Å². The Morgan fingerprint density at radius 2 is 0.947 bits per heavy atom. The molecule has 11 heteroatoms. The van der Waals surface area contributed by atoms with E-state index < -0.39 is 67.4 Å². The minimum Gasteiger partial charge on any atom is -0.454 e. The lowest BCUT2D eigenvalue weighted by Gasteiger charge is -2.41. The number of carbonyl (C=O) groups is 2. The zero-order chi connectivity index (χ0) is 55.4. The van der Waals surface area contributed by atoms with Gasteiger partial charge in [-0.05, 0) is 96.3 Å². The molecular formula is C65H111NO10. The van der Waals surface area contributed by atoms with E-state index in [1.54, 1.807) is 6.08 Å².